The van der Waals surface area contributed by atoms with E-state index >= 15 is 0 Å². The number of carbonyl (C=O) groups excluding carboxylic acids is 2. The van der Waals surface area contributed by atoms with Gasteiger partial charge in [0, 0.05) is 11.9 Å². The predicted molar refractivity (Wildman–Crippen MR) is 99.7 cm³/mol. The van der Waals surface area contributed by atoms with E-state index in [-0.39, 0.29) is 0 Å². The van der Waals surface area contributed by atoms with Gasteiger partial charge in [-0.15, -0.1) is 0 Å². The Morgan fingerprint density at radius 3 is 2.56 bits per heavy atom. The van der Waals surface area contributed by atoms with Gasteiger partial charge >= 0.3 is 5.97 Å². The standard InChI is InChI=1S/C20H16FN3O3/c1-27-20(26)16-7-2-3-8-17(16)24-18-10-9-13(12-22-18)19(25)23-15-6-4-5-14(21)11-15/h2-12H,1H3,(H,22,24)(H,23,25). The molecule has 0 saturated carbocycles. The highest BCUT2D eigenvalue weighted by Gasteiger charge is 2.12. The van der Waals surface area contributed by atoms with Crippen LogP contribution in [0.25, 0.3) is 0 Å². The van der Waals surface area contributed by atoms with E-state index in [0.717, 1.165) is 0 Å². The number of hydrogen-bond acceptors (Lipinski definition) is 5. The average molecular weight is 365 g/mol. The van der Waals surface area contributed by atoms with Crippen LogP contribution in [0.1, 0.15) is 20.7 Å². The van der Waals surface area contributed by atoms with Crippen LogP contribution in [0.3, 0.4) is 0 Å². The first-order valence-electron chi connectivity index (χ1n) is 8.04. The fourth-order valence-electron chi connectivity index (χ4n) is 2.39. The molecule has 0 saturated heterocycles. The van der Waals surface area contributed by atoms with Crippen LogP contribution >= 0.6 is 0 Å². The van der Waals surface area contributed by atoms with E-state index in [1.54, 1.807) is 42.5 Å². The Morgan fingerprint density at radius 1 is 1.04 bits per heavy atom. The SMILES string of the molecule is COC(=O)c1ccccc1Nc1ccc(C(=O)Nc2cccc(F)c2)cn1. The highest BCUT2D eigenvalue weighted by Crippen LogP contribution is 2.20. The van der Waals surface area contributed by atoms with Crippen LogP contribution in [0.4, 0.5) is 21.6 Å². The van der Waals surface area contributed by atoms with E-state index in [2.05, 4.69) is 15.6 Å². The van der Waals surface area contributed by atoms with Crippen molar-refractivity contribution >= 4 is 29.1 Å². The van der Waals surface area contributed by atoms with Gasteiger partial charge in [0.1, 0.15) is 11.6 Å². The Balaban J connectivity index is 1.72. The van der Waals surface area contributed by atoms with Crippen LogP contribution in [-0.2, 0) is 4.74 Å². The lowest BCUT2D eigenvalue weighted by Gasteiger charge is -2.10. The van der Waals surface area contributed by atoms with Gasteiger partial charge in [0.05, 0.1) is 23.9 Å². The number of nitrogens with one attached hydrogen (secondary N) is 2. The number of methoxy groups -OCH3 is 1. The summed E-state index contributed by atoms with van der Waals surface area (Å²) in [4.78, 5) is 28.2. The van der Waals surface area contributed by atoms with Crippen LogP contribution in [0.15, 0.2) is 66.9 Å². The Labute approximate surface area is 155 Å². The molecule has 3 aromatic rings. The van der Waals surface area contributed by atoms with Crippen molar-refractivity contribution in [3.8, 4) is 0 Å². The Morgan fingerprint density at radius 2 is 1.85 bits per heavy atom. The highest BCUT2D eigenvalue weighted by molar-refractivity contribution is 6.04. The molecule has 1 aromatic heterocycles. The summed E-state index contributed by atoms with van der Waals surface area (Å²) < 4.78 is 17.9. The lowest BCUT2D eigenvalue weighted by molar-refractivity contribution is 0.0601. The molecule has 27 heavy (non-hydrogen) atoms. The summed E-state index contributed by atoms with van der Waals surface area (Å²) in [6.07, 6.45) is 1.39. The van der Waals surface area contributed by atoms with Gasteiger partial charge in [-0.2, -0.15) is 0 Å². The van der Waals surface area contributed by atoms with Crippen molar-refractivity contribution in [1.29, 1.82) is 0 Å². The summed E-state index contributed by atoms with van der Waals surface area (Å²) in [5.74, 6) is -0.859. The lowest BCUT2D eigenvalue weighted by Crippen LogP contribution is -2.12. The second kappa shape index (κ2) is 8.09. The van der Waals surface area contributed by atoms with E-state index in [1.807, 2.05) is 0 Å². The number of halogens is 1. The van der Waals surface area contributed by atoms with Crippen LogP contribution < -0.4 is 10.6 Å². The van der Waals surface area contributed by atoms with Crippen LogP contribution in [0.2, 0.25) is 0 Å². The number of para-hydroxylation sites is 1. The third-order valence-electron chi connectivity index (χ3n) is 3.70. The molecule has 3 rings (SSSR count). The van der Waals surface area contributed by atoms with Gasteiger partial charge in [-0.05, 0) is 42.5 Å². The van der Waals surface area contributed by atoms with Crippen molar-refractivity contribution in [3.05, 3.63) is 83.8 Å². The molecule has 0 radical (unpaired) electrons. The second-order valence-corrected chi connectivity index (χ2v) is 5.56. The minimum Gasteiger partial charge on any atom is -0.465 e. The third kappa shape index (κ3) is 4.46. The van der Waals surface area contributed by atoms with Crippen molar-refractivity contribution in [1.82, 2.24) is 4.98 Å². The van der Waals surface area contributed by atoms with Gasteiger partial charge in [-0.1, -0.05) is 18.2 Å². The molecule has 0 aliphatic heterocycles. The first kappa shape index (κ1) is 18.1. The summed E-state index contributed by atoms with van der Waals surface area (Å²) >= 11 is 0. The van der Waals surface area contributed by atoms with Crippen molar-refractivity contribution < 1.29 is 18.7 Å². The fourth-order valence-corrected chi connectivity index (χ4v) is 2.39. The third-order valence-corrected chi connectivity index (χ3v) is 3.70. The number of esters is 1. The molecule has 1 heterocycles. The normalized spacial score (nSPS) is 10.1. The summed E-state index contributed by atoms with van der Waals surface area (Å²) in [5, 5.41) is 5.62. The van der Waals surface area contributed by atoms with Gasteiger partial charge in [-0.25, -0.2) is 14.2 Å². The van der Waals surface area contributed by atoms with Gasteiger partial charge in [0.15, 0.2) is 0 Å². The molecule has 6 nitrogen and oxygen atoms in total. The first-order valence-corrected chi connectivity index (χ1v) is 8.04. The van der Waals surface area contributed by atoms with Gasteiger partial charge < -0.3 is 15.4 Å². The average Bonchev–Trinajstić information content (AvgIpc) is 2.68. The topological polar surface area (TPSA) is 80.3 Å². The minimum atomic E-state index is -0.468. The number of ether oxygens (including phenoxy) is 1. The first-order chi connectivity index (χ1) is 13.1. The van der Waals surface area contributed by atoms with Crippen LogP contribution in [-0.4, -0.2) is 24.0 Å². The molecular formula is C20H16FN3O3. The Bertz CT molecular complexity index is 974. The van der Waals surface area contributed by atoms with E-state index in [9.17, 15) is 14.0 Å². The molecule has 0 spiro atoms. The molecule has 0 bridgehead atoms. The van der Waals surface area contributed by atoms with E-state index in [0.29, 0.717) is 28.3 Å². The predicted octanol–water partition coefficient (Wildman–Crippen LogP) is 4.00. The monoisotopic (exact) mass is 365 g/mol. The number of benzene rings is 2. The lowest BCUT2D eigenvalue weighted by atomic mass is 10.1. The zero-order valence-electron chi connectivity index (χ0n) is 14.4. The van der Waals surface area contributed by atoms with Gasteiger partial charge in [0.25, 0.3) is 5.91 Å². The van der Waals surface area contributed by atoms with Crippen molar-refractivity contribution in [2.45, 2.75) is 0 Å². The number of carbonyl (C=O) groups is 2. The molecule has 2 aromatic carbocycles. The molecule has 0 unspecified atom stereocenters. The summed E-state index contributed by atoms with van der Waals surface area (Å²) in [6.45, 7) is 0. The molecule has 0 fully saturated rings. The molecule has 136 valence electrons. The number of amides is 1. The number of anilines is 3. The molecule has 2 N–H and O–H groups in total. The molecule has 0 aliphatic carbocycles. The van der Waals surface area contributed by atoms with Crippen molar-refractivity contribution in [2.75, 3.05) is 17.7 Å². The van der Waals surface area contributed by atoms with E-state index < -0.39 is 17.7 Å². The number of rotatable bonds is 5. The largest absolute Gasteiger partial charge is 0.465 e. The number of hydrogen-bond donors (Lipinski definition) is 2. The Kier molecular flexibility index (Phi) is 5.41. The van der Waals surface area contributed by atoms with E-state index in [1.165, 1.54) is 31.5 Å². The molecule has 1 amide bonds. The zero-order chi connectivity index (χ0) is 19.2. The van der Waals surface area contributed by atoms with Crippen molar-refractivity contribution in [2.24, 2.45) is 0 Å². The summed E-state index contributed by atoms with van der Waals surface area (Å²) in [6, 6.07) is 15.7. The van der Waals surface area contributed by atoms with Gasteiger partial charge in [-0.3, -0.25) is 4.79 Å². The molecular weight excluding hydrogens is 349 g/mol. The fraction of sp³-hybridized carbons (Fsp3) is 0.0500. The van der Waals surface area contributed by atoms with Crippen LogP contribution in [0.5, 0.6) is 0 Å². The maximum absolute atomic E-state index is 13.2. The zero-order valence-corrected chi connectivity index (χ0v) is 14.4. The quantitative estimate of drug-likeness (QED) is 0.668. The number of pyridine rings is 1. The minimum absolute atomic E-state index is 0.311. The summed E-state index contributed by atoms with van der Waals surface area (Å²) in [5.41, 5.74) is 1.57. The van der Waals surface area contributed by atoms with E-state index in [4.69, 9.17) is 4.74 Å². The highest BCUT2D eigenvalue weighted by atomic mass is 19.1. The van der Waals surface area contributed by atoms with Gasteiger partial charge in [0.2, 0.25) is 0 Å². The number of nitrogens with zero attached hydrogens (tertiary/aromatic N) is 1. The summed E-state index contributed by atoms with van der Waals surface area (Å²) in [7, 11) is 1.31. The number of aromatic nitrogens is 1. The van der Waals surface area contributed by atoms with Crippen molar-refractivity contribution in [3.63, 3.8) is 0 Å². The smallest absolute Gasteiger partial charge is 0.339 e. The molecule has 0 atom stereocenters. The maximum atomic E-state index is 13.2. The maximum Gasteiger partial charge on any atom is 0.339 e. The second-order valence-electron chi connectivity index (χ2n) is 5.56. The molecule has 0 aliphatic rings. The Hall–Kier alpha value is -3.74. The molecule has 7 heteroatoms. The van der Waals surface area contributed by atoms with Crippen LogP contribution in [0, 0.1) is 5.82 Å².